The Morgan fingerprint density at radius 3 is 2.39 bits per heavy atom. The van der Waals surface area contributed by atoms with E-state index in [2.05, 4.69) is 5.32 Å². The van der Waals surface area contributed by atoms with E-state index in [-0.39, 0.29) is 23.2 Å². The fourth-order valence-electron chi connectivity index (χ4n) is 4.91. The van der Waals surface area contributed by atoms with Gasteiger partial charge in [-0.2, -0.15) is 0 Å². The Hall–Kier alpha value is -3.98. The van der Waals surface area contributed by atoms with Crippen molar-refractivity contribution in [2.75, 3.05) is 0 Å². The van der Waals surface area contributed by atoms with Crippen LogP contribution in [0.15, 0.2) is 70.6 Å². The molecule has 1 saturated carbocycles. The van der Waals surface area contributed by atoms with Gasteiger partial charge in [0.1, 0.15) is 0 Å². The molecular weight excluding hydrogens is 500 g/mol. The van der Waals surface area contributed by atoms with Crippen LogP contribution in [-0.4, -0.2) is 26.4 Å². The average Bonchev–Trinajstić information content (AvgIpc) is 3.40. The third kappa shape index (κ3) is 5.47. The van der Waals surface area contributed by atoms with Crippen LogP contribution in [0.3, 0.4) is 0 Å². The van der Waals surface area contributed by atoms with Crippen LogP contribution >= 0.6 is 11.8 Å². The minimum atomic E-state index is -0.431. The summed E-state index contributed by atoms with van der Waals surface area (Å²) in [7, 11) is 0. The fraction of sp³-hybridized carbons (Fsp3) is 0.276. The van der Waals surface area contributed by atoms with E-state index in [0.717, 1.165) is 48.1 Å². The second kappa shape index (κ2) is 10.8. The number of aryl methyl sites for hydroxylation is 2. The van der Waals surface area contributed by atoms with E-state index in [1.165, 1.54) is 23.9 Å². The van der Waals surface area contributed by atoms with E-state index in [1.807, 2.05) is 32.0 Å². The maximum atomic E-state index is 13.8. The molecule has 1 fully saturated rings. The number of fused-ring (bicyclic) bond motifs is 1. The first-order valence-corrected chi connectivity index (χ1v) is 13.6. The molecule has 0 spiro atoms. The number of non-ortho nitro benzene ring substituents is 1. The molecule has 0 saturated heterocycles. The molecule has 38 heavy (non-hydrogen) atoms. The number of nitro groups is 1. The van der Waals surface area contributed by atoms with Crippen LogP contribution < -0.4 is 10.9 Å². The number of carbonyl (C=O) groups excluding carboxylic acids is 1. The summed E-state index contributed by atoms with van der Waals surface area (Å²) in [5, 5.41) is 15.0. The first-order valence-electron chi connectivity index (χ1n) is 12.6. The van der Waals surface area contributed by atoms with E-state index in [1.54, 1.807) is 34.9 Å². The monoisotopic (exact) mass is 528 g/mol. The van der Waals surface area contributed by atoms with E-state index in [4.69, 9.17) is 4.98 Å². The highest BCUT2D eigenvalue weighted by Gasteiger charge is 2.20. The molecule has 5 rings (SSSR count). The summed E-state index contributed by atoms with van der Waals surface area (Å²) < 4.78 is 1.61. The molecular formula is C29H28N4O4S. The molecule has 1 aliphatic carbocycles. The number of nitrogens with one attached hydrogen (secondary N) is 1. The number of hydrogen-bond acceptors (Lipinski definition) is 6. The number of aromatic nitrogens is 2. The van der Waals surface area contributed by atoms with Gasteiger partial charge in [0, 0.05) is 29.5 Å². The first-order chi connectivity index (χ1) is 18.3. The Morgan fingerprint density at radius 1 is 1.05 bits per heavy atom. The number of hydrogen-bond donors (Lipinski definition) is 1. The lowest BCUT2D eigenvalue weighted by Crippen LogP contribution is -2.32. The topological polar surface area (TPSA) is 107 Å². The Kier molecular flexibility index (Phi) is 7.28. The van der Waals surface area contributed by atoms with E-state index in [0.29, 0.717) is 27.4 Å². The van der Waals surface area contributed by atoms with Crippen molar-refractivity contribution < 1.29 is 9.72 Å². The summed E-state index contributed by atoms with van der Waals surface area (Å²) in [5.41, 5.74) is 4.39. The van der Waals surface area contributed by atoms with Crippen molar-refractivity contribution in [3.8, 4) is 5.69 Å². The van der Waals surface area contributed by atoms with Crippen LogP contribution in [-0.2, 0) is 5.75 Å². The lowest BCUT2D eigenvalue weighted by molar-refractivity contribution is -0.384. The molecule has 1 heterocycles. The van der Waals surface area contributed by atoms with Gasteiger partial charge in [-0.25, -0.2) is 4.98 Å². The average molecular weight is 529 g/mol. The summed E-state index contributed by atoms with van der Waals surface area (Å²) in [4.78, 5) is 42.1. The van der Waals surface area contributed by atoms with Crippen LogP contribution in [0, 0.1) is 24.0 Å². The quantitative estimate of drug-likeness (QED) is 0.139. The number of rotatable bonds is 7. The predicted octanol–water partition coefficient (Wildman–Crippen LogP) is 5.88. The molecule has 9 heteroatoms. The lowest BCUT2D eigenvalue weighted by atomic mass is 10.1. The van der Waals surface area contributed by atoms with Gasteiger partial charge in [0.25, 0.3) is 17.2 Å². The van der Waals surface area contributed by atoms with Crippen molar-refractivity contribution in [1.29, 1.82) is 0 Å². The van der Waals surface area contributed by atoms with Gasteiger partial charge in [0.15, 0.2) is 5.16 Å². The number of amides is 1. The zero-order valence-corrected chi connectivity index (χ0v) is 22.1. The van der Waals surface area contributed by atoms with E-state index < -0.39 is 4.92 Å². The van der Waals surface area contributed by atoms with Gasteiger partial charge in [0.2, 0.25) is 0 Å². The molecule has 194 valence electrons. The van der Waals surface area contributed by atoms with Crippen molar-refractivity contribution in [2.45, 2.75) is 56.5 Å². The molecule has 1 N–H and O–H groups in total. The molecule has 0 radical (unpaired) electrons. The van der Waals surface area contributed by atoms with Crippen LogP contribution in [0.2, 0.25) is 0 Å². The summed E-state index contributed by atoms with van der Waals surface area (Å²) in [5.74, 6) is 0.307. The summed E-state index contributed by atoms with van der Waals surface area (Å²) in [6.07, 6.45) is 4.22. The Labute approximate surface area is 224 Å². The van der Waals surface area contributed by atoms with Crippen LogP contribution in [0.4, 0.5) is 5.69 Å². The highest BCUT2D eigenvalue weighted by molar-refractivity contribution is 7.98. The number of carbonyl (C=O) groups is 1. The molecule has 1 amide bonds. The van der Waals surface area contributed by atoms with Gasteiger partial charge < -0.3 is 5.32 Å². The van der Waals surface area contributed by atoms with Crippen molar-refractivity contribution in [3.05, 3.63) is 103 Å². The highest BCUT2D eigenvalue weighted by Crippen LogP contribution is 2.27. The number of nitrogens with zero attached hydrogens (tertiary/aromatic N) is 3. The van der Waals surface area contributed by atoms with Gasteiger partial charge in [-0.1, -0.05) is 42.8 Å². The van der Waals surface area contributed by atoms with Gasteiger partial charge in [-0.15, -0.1) is 0 Å². The Morgan fingerprint density at radius 2 is 1.74 bits per heavy atom. The third-order valence-corrected chi connectivity index (χ3v) is 7.78. The van der Waals surface area contributed by atoms with Crippen LogP contribution in [0.5, 0.6) is 0 Å². The zero-order chi connectivity index (χ0) is 26.8. The maximum absolute atomic E-state index is 13.8. The van der Waals surface area contributed by atoms with Crippen molar-refractivity contribution in [3.63, 3.8) is 0 Å². The van der Waals surface area contributed by atoms with Gasteiger partial charge in [0.05, 0.1) is 21.5 Å². The number of benzene rings is 3. The van der Waals surface area contributed by atoms with Crippen molar-refractivity contribution in [1.82, 2.24) is 14.9 Å². The Balaban J connectivity index is 1.55. The van der Waals surface area contributed by atoms with Gasteiger partial charge in [-0.05, 0) is 73.7 Å². The predicted molar refractivity (Wildman–Crippen MR) is 149 cm³/mol. The molecule has 1 aromatic heterocycles. The summed E-state index contributed by atoms with van der Waals surface area (Å²) in [6.45, 7) is 3.96. The smallest absolute Gasteiger partial charge is 0.269 e. The first kappa shape index (κ1) is 25.7. The van der Waals surface area contributed by atoms with Crippen LogP contribution in [0.1, 0.15) is 52.7 Å². The molecule has 0 bridgehead atoms. The number of thioether (sulfide) groups is 1. The molecule has 1 aliphatic rings. The fourth-order valence-corrected chi connectivity index (χ4v) is 5.88. The second-order valence-electron chi connectivity index (χ2n) is 9.78. The summed E-state index contributed by atoms with van der Waals surface area (Å²) in [6, 6.07) is 17.5. The van der Waals surface area contributed by atoms with Crippen molar-refractivity contribution in [2.24, 2.45) is 0 Å². The second-order valence-corrected chi connectivity index (χ2v) is 10.7. The Bertz CT molecular complexity index is 1570. The normalized spacial score (nSPS) is 13.6. The largest absolute Gasteiger partial charge is 0.349 e. The molecule has 8 nitrogen and oxygen atoms in total. The lowest BCUT2D eigenvalue weighted by Gasteiger charge is -2.15. The van der Waals surface area contributed by atoms with Crippen LogP contribution in [0.25, 0.3) is 16.6 Å². The van der Waals surface area contributed by atoms with Crippen molar-refractivity contribution >= 4 is 34.3 Å². The molecule has 0 unspecified atom stereocenters. The van der Waals surface area contributed by atoms with E-state index >= 15 is 0 Å². The SMILES string of the molecule is Cc1cc(C)cc(-n2c(SCc3ccc([N+](=O)[O-])cc3)nc3cc(C(=O)NC4CCCC4)ccc3c2=O)c1. The van der Waals surface area contributed by atoms with Gasteiger partial charge in [-0.3, -0.25) is 24.3 Å². The van der Waals surface area contributed by atoms with Gasteiger partial charge >= 0.3 is 0 Å². The maximum Gasteiger partial charge on any atom is 0.269 e. The molecule has 3 aromatic carbocycles. The zero-order valence-electron chi connectivity index (χ0n) is 21.3. The standard InChI is InChI=1S/C29H28N4O4S/c1-18-13-19(2)15-24(14-18)32-28(35)25-12-9-21(27(34)30-22-5-3-4-6-22)16-26(25)31-29(32)38-17-20-7-10-23(11-8-20)33(36)37/h7-16,22H,3-6,17H2,1-2H3,(H,30,34). The third-order valence-electron chi connectivity index (χ3n) is 6.77. The number of nitro benzene ring substituents is 1. The van der Waals surface area contributed by atoms with E-state index in [9.17, 15) is 19.7 Å². The molecule has 0 atom stereocenters. The minimum absolute atomic E-state index is 0.0261. The minimum Gasteiger partial charge on any atom is -0.349 e. The summed E-state index contributed by atoms with van der Waals surface area (Å²) >= 11 is 1.37. The highest BCUT2D eigenvalue weighted by atomic mass is 32.2. The molecule has 4 aromatic rings. The molecule has 0 aliphatic heterocycles.